The number of nitrogens with zero attached hydrogens (tertiary/aromatic N) is 5. The van der Waals surface area contributed by atoms with Gasteiger partial charge in [-0.15, -0.1) is 0 Å². The molecule has 3 aromatic rings. The lowest BCUT2D eigenvalue weighted by Crippen LogP contribution is -2.49. The summed E-state index contributed by atoms with van der Waals surface area (Å²) in [5.41, 5.74) is 1.51. The Hall–Kier alpha value is -3.42. The van der Waals surface area contributed by atoms with E-state index in [-0.39, 0.29) is 5.91 Å². The minimum absolute atomic E-state index is 0.0514. The summed E-state index contributed by atoms with van der Waals surface area (Å²) in [7, 11) is 0. The molecule has 8 heteroatoms. The van der Waals surface area contributed by atoms with Crippen molar-refractivity contribution in [3.8, 4) is 17.1 Å². The van der Waals surface area contributed by atoms with E-state index in [1.54, 1.807) is 13.1 Å². The molecular formula is C23H27N5O3. The van der Waals surface area contributed by atoms with Crippen LogP contribution in [0.2, 0.25) is 0 Å². The van der Waals surface area contributed by atoms with Gasteiger partial charge in [0.15, 0.2) is 0 Å². The van der Waals surface area contributed by atoms with Crippen molar-refractivity contribution in [3.05, 3.63) is 54.0 Å². The molecule has 1 aliphatic heterocycles. The molecule has 162 valence electrons. The predicted octanol–water partition coefficient (Wildman–Crippen LogP) is 3.58. The van der Waals surface area contributed by atoms with Gasteiger partial charge in [-0.2, -0.15) is 4.98 Å². The Balaban J connectivity index is 1.31. The predicted molar refractivity (Wildman–Crippen MR) is 117 cm³/mol. The highest BCUT2D eigenvalue weighted by atomic mass is 16.5. The molecule has 4 rings (SSSR count). The number of piperazine rings is 1. The van der Waals surface area contributed by atoms with Crippen molar-refractivity contribution in [2.45, 2.75) is 26.7 Å². The van der Waals surface area contributed by atoms with Crippen LogP contribution >= 0.6 is 0 Å². The first-order chi connectivity index (χ1) is 15.1. The smallest absolute Gasteiger partial charge is 0.253 e. The summed E-state index contributed by atoms with van der Waals surface area (Å²) >= 11 is 0. The summed E-state index contributed by atoms with van der Waals surface area (Å²) in [5.74, 6) is 2.80. The molecule has 0 saturated carbocycles. The number of carbonyl (C=O) groups excluding carboxylic acids is 1. The second kappa shape index (κ2) is 9.59. The van der Waals surface area contributed by atoms with E-state index < -0.39 is 0 Å². The molecule has 1 aromatic carbocycles. The molecule has 0 aliphatic carbocycles. The van der Waals surface area contributed by atoms with Gasteiger partial charge < -0.3 is 19.1 Å². The third-order valence-corrected chi connectivity index (χ3v) is 5.29. The van der Waals surface area contributed by atoms with Crippen LogP contribution in [0.25, 0.3) is 11.4 Å². The van der Waals surface area contributed by atoms with Gasteiger partial charge in [-0.25, -0.2) is 4.98 Å². The average Bonchev–Trinajstić information content (AvgIpc) is 3.26. The van der Waals surface area contributed by atoms with Gasteiger partial charge in [-0.05, 0) is 42.8 Å². The molecule has 0 unspecified atom stereocenters. The Morgan fingerprint density at radius 2 is 1.87 bits per heavy atom. The normalized spacial score (nSPS) is 14.0. The molecule has 3 heterocycles. The molecule has 0 spiro atoms. The molecule has 0 bridgehead atoms. The first kappa shape index (κ1) is 20.8. The number of amides is 1. The number of benzene rings is 1. The minimum Gasteiger partial charge on any atom is -0.494 e. The summed E-state index contributed by atoms with van der Waals surface area (Å²) in [5, 5.41) is 3.92. The van der Waals surface area contributed by atoms with Crippen LogP contribution in [-0.4, -0.2) is 58.7 Å². The quantitative estimate of drug-likeness (QED) is 0.539. The number of rotatable bonds is 7. The van der Waals surface area contributed by atoms with Crippen LogP contribution in [0.15, 0.2) is 47.1 Å². The zero-order valence-corrected chi connectivity index (χ0v) is 18.0. The molecule has 0 N–H and O–H groups in total. The van der Waals surface area contributed by atoms with E-state index in [4.69, 9.17) is 9.26 Å². The van der Waals surface area contributed by atoms with Crippen LogP contribution in [0.5, 0.6) is 5.75 Å². The lowest BCUT2D eigenvalue weighted by Gasteiger charge is -2.35. The Bertz CT molecular complexity index is 993. The van der Waals surface area contributed by atoms with E-state index in [0.717, 1.165) is 43.1 Å². The van der Waals surface area contributed by atoms with E-state index in [1.165, 1.54) is 0 Å². The van der Waals surface area contributed by atoms with Crippen LogP contribution < -0.4 is 9.64 Å². The van der Waals surface area contributed by atoms with Crippen LogP contribution in [-0.2, 0) is 0 Å². The van der Waals surface area contributed by atoms with Crippen molar-refractivity contribution in [1.82, 2.24) is 20.0 Å². The first-order valence-corrected chi connectivity index (χ1v) is 10.7. The van der Waals surface area contributed by atoms with E-state index in [0.29, 0.717) is 37.0 Å². The van der Waals surface area contributed by atoms with Gasteiger partial charge in [0, 0.05) is 50.4 Å². The maximum Gasteiger partial charge on any atom is 0.253 e. The van der Waals surface area contributed by atoms with Gasteiger partial charge >= 0.3 is 0 Å². The molecule has 1 aliphatic rings. The fourth-order valence-electron chi connectivity index (χ4n) is 3.47. The fourth-order valence-corrected chi connectivity index (χ4v) is 3.47. The van der Waals surface area contributed by atoms with Crippen molar-refractivity contribution in [2.75, 3.05) is 37.7 Å². The standard InChI is InChI=1S/C23H27N5O3/c1-3-4-15-30-20-8-5-18(6-9-20)23(29)28-13-11-27(12-14-28)21-10-7-19(16-24-21)22-25-17(2)31-26-22/h5-10,16H,3-4,11-15H2,1-2H3. The van der Waals surface area contributed by atoms with Crippen LogP contribution in [0.4, 0.5) is 5.82 Å². The topological polar surface area (TPSA) is 84.6 Å². The molecule has 1 amide bonds. The number of carbonyl (C=O) groups is 1. The lowest BCUT2D eigenvalue weighted by molar-refractivity contribution is 0.0746. The van der Waals surface area contributed by atoms with Gasteiger partial charge in [-0.1, -0.05) is 18.5 Å². The number of aryl methyl sites for hydroxylation is 1. The second-order valence-corrected chi connectivity index (χ2v) is 7.55. The molecule has 31 heavy (non-hydrogen) atoms. The fraction of sp³-hybridized carbons (Fsp3) is 0.391. The monoisotopic (exact) mass is 421 g/mol. The number of anilines is 1. The summed E-state index contributed by atoms with van der Waals surface area (Å²) in [6.45, 7) is 7.37. The average molecular weight is 422 g/mol. The van der Waals surface area contributed by atoms with E-state index >= 15 is 0 Å². The van der Waals surface area contributed by atoms with Crippen molar-refractivity contribution < 1.29 is 14.1 Å². The molecule has 1 saturated heterocycles. The molecule has 2 aromatic heterocycles. The van der Waals surface area contributed by atoms with Crippen LogP contribution in [0.1, 0.15) is 36.0 Å². The van der Waals surface area contributed by atoms with Gasteiger partial charge in [0.1, 0.15) is 11.6 Å². The summed E-state index contributed by atoms with van der Waals surface area (Å²) in [4.78, 5) is 25.7. The maximum absolute atomic E-state index is 12.8. The van der Waals surface area contributed by atoms with E-state index in [9.17, 15) is 4.79 Å². The molecule has 8 nitrogen and oxygen atoms in total. The Kier molecular flexibility index (Phi) is 6.45. The first-order valence-electron chi connectivity index (χ1n) is 10.7. The molecule has 0 atom stereocenters. The summed E-state index contributed by atoms with van der Waals surface area (Å²) in [6, 6.07) is 11.3. The summed E-state index contributed by atoms with van der Waals surface area (Å²) in [6.07, 6.45) is 3.88. The zero-order valence-electron chi connectivity index (χ0n) is 18.0. The van der Waals surface area contributed by atoms with Gasteiger partial charge in [-0.3, -0.25) is 4.79 Å². The van der Waals surface area contributed by atoms with Crippen molar-refractivity contribution in [3.63, 3.8) is 0 Å². The highest BCUT2D eigenvalue weighted by Crippen LogP contribution is 2.20. The van der Waals surface area contributed by atoms with Crippen molar-refractivity contribution in [2.24, 2.45) is 0 Å². The third kappa shape index (κ3) is 5.02. The number of hydrogen-bond donors (Lipinski definition) is 0. The maximum atomic E-state index is 12.8. The number of pyridine rings is 1. The Morgan fingerprint density at radius 1 is 1.10 bits per heavy atom. The van der Waals surface area contributed by atoms with Crippen molar-refractivity contribution in [1.29, 1.82) is 0 Å². The Labute approximate surface area is 181 Å². The van der Waals surface area contributed by atoms with Crippen LogP contribution in [0, 0.1) is 6.92 Å². The van der Waals surface area contributed by atoms with Gasteiger partial charge in [0.05, 0.1) is 6.61 Å². The number of ether oxygens (including phenoxy) is 1. The van der Waals surface area contributed by atoms with E-state index in [2.05, 4.69) is 26.9 Å². The minimum atomic E-state index is 0.0514. The largest absolute Gasteiger partial charge is 0.494 e. The highest BCUT2D eigenvalue weighted by molar-refractivity contribution is 5.94. The number of aromatic nitrogens is 3. The number of unbranched alkanes of at least 4 members (excludes halogenated alkanes) is 1. The van der Waals surface area contributed by atoms with Gasteiger partial charge in [0.25, 0.3) is 5.91 Å². The SMILES string of the molecule is CCCCOc1ccc(C(=O)N2CCN(c3ccc(-c4noc(C)n4)cn3)CC2)cc1. The summed E-state index contributed by atoms with van der Waals surface area (Å²) < 4.78 is 10.7. The molecule has 1 fully saturated rings. The highest BCUT2D eigenvalue weighted by Gasteiger charge is 2.23. The van der Waals surface area contributed by atoms with Crippen molar-refractivity contribution >= 4 is 11.7 Å². The third-order valence-electron chi connectivity index (χ3n) is 5.29. The van der Waals surface area contributed by atoms with Gasteiger partial charge in [0.2, 0.25) is 11.7 Å². The molecular weight excluding hydrogens is 394 g/mol. The lowest BCUT2D eigenvalue weighted by atomic mass is 10.1. The number of hydrogen-bond acceptors (Lipinski definition) is 7. The molecule has 0 radical (unpaired) electrons. The zero-order chi connectivity index (χ0) is 21.6. The van der Waals surface area contributed by atoms with E-state index in [1.807, 2.05) is 41.3 Å². The second-order valence-electron chi connectivity index (χ2n) is 7.55. The Morgan fingerprint density at radius 3 is 2.48 bits per heavy atom. The van der Waals surface area contributed by atoms with Crippen LogP contribution in [0.3, 0.4) is 0 Å².